The summed E-state index contributed by atoms with van der Waals surface area (Å²) in [6, 6.07) is 4.21. The van der Waals surface area contributed by atoms with Crippen molar-refractivity contribution in [3.63, 3.8) is 0 Å². The number of nitrogens with zero attached hydrogens (tertiary/aromatic N) is 1. The number of hydrogen-bond acceptors (Lipinski definition) is 1. The number of aromatic nitrogens is 1. The molecule has 0 fully saturated rings. The van der Waals surface area contributed by atoms with E-state index in [4.69, 9.17) is 0 Å². The highest BCUT2D eigenvalue weighted by Crippen LogP contribution is 2.03. The third-order valence-electron chi connectivity index (χ3n) is 1.71. The van der Waals surface area contributed by atoms with Gasteiger partial charge < -0.3 is 0 Å². The van der Waals surface area contributed by atoms with Crippen LogP contribution >= 0.6 is 0 Å². The molecule has 0 unspecified atom stereocenters. The fraction of sp³-hybridized carbons (Fsp3) is 0.364. The van der Waals surface area contributed by atoms with Crippen molar-refractivity contribution in [2.45, 2.75) is 26.7 Å². The highest BCUT2D eigenvalue weighted by molar-refractivity contribution is 5.47. The number of pyridine rings is 1. The molecule has 0 N–H and O–H groups in total. The van der Waals surface area contributed by atoms with Crippen molar-refractivity contribution >= 4 is 6.08 Å². The van der Waals surface area contributed by atoms with Gasteiger partial charge in [0.25, 0.3) is 0 Å². The van der Waals surface area contributed by atoms with Gasteiger partial charge in [-0.1, -0.05) is 31.6 Å². The Morgan fingerprint density at radius 1 is 1.42 bits per heavy atom. The Labute approximate surface area is 74.2 Å². The van der Waals surface area contributed by atoms with Crippen molar-refractivity contribution in [3.8, 4) is 0 Å². The number of hydrogen-bond donors (Lipinski definition) is 0. The fourth-order valence-electron chi connectivity index (χ4n) is 1.13. The van der Waals surface area contributed by atoms with Crippen molar-refractivity contribution in [1.82, 2.24) is 4.98 Å². The smallest absolute Gasteiger partial charge is 0.0403 e. The molecule has 64 valence electrons. The fourth-order valence-corrected chi connectivity index (χ4v) is 1.13. The van der Waals surface area contributed by atoms with Crippen molar-refractivity contribution in [2.24, 2.45) is 0 Å². The van der Waals surface area contributed by atoms with Gasteiger partial charge in [0.2, 0.25) is 0 Å². The first-order chi connectivity index (χ1) is 5.86. The van der Waals surface area contributed by atoms with E-state index in [1.165, 1.54) is 11.3 Å². The van der Waals surface area contributed by atoms with Gasteiger partial charge in [-0.25, -0.2) is 0 Å². The molecule has 1 rings (SSSR count). The van der Waals surface area contributed by atoms with Crippen LogP contribution in [0.5, 0.6) is 0 Å². The molecule has 0 amide bonds. The molecule has 0 aliphatic heterocycles. The summed E-state index contributed by atoms with van der Waals surface area (Å²) < 4.78 is 0. The molecule has 1 aromatic rings. The zero-order chi connectivity index (χ0) is 8.81. The lowest BCUT2D eigenvalue weighted by Gasteiger charge is -1.97. The van der Waals surface area contributed by atoms with Crippen molar-refractivity contribution < 1.29 is 0 Å². The average Bonchev–Trinajstić information content (AvgIpc) is 2.09. The van der Waals surface area contributed by atoms with Crippen LogP contribution in [0.4, 0.5) is 0 Å². The van der Waals surface area contributed by atoms with Crippen LogP contribution in [0.25, 0.3) is 6.08 Å². The molecule has 1 heterocycles. The zero-order valence-corrected chi connectivity index (χ0v) is 7.75. The Balaban J connectivity index is 2.71. The Hall–Kier alpha value is -1.11. The van der Waals surface area contributed by atoms with Gasteiger partial charge in [0.1, 0.15) is 0 Å². The van der Waals surface area contributed by atoms with Crippen LogP contribution in [0.1, 0.15) is 31.5 Å². The van der Waals surface area contributed by atoms with Crippen molar-refractivity contribution in [2.75, 3.05) is 0 Å². The molecule has 0 aliphatic carbocycles. The van der Waals surface area contributed by atoms with E-state index >= 15 is 0 Å². The lowest BCUT2D eigenvalue weighted by Crippen LogP contribution is -1.87. The monoisotopic (exact) mass is 161 g/mol. The summed E-state index contributed by atoms with van der Waals surface area (Å²) in [5.41, 5.74) is 2.36. The Bertz CT molecular complexity index is 246. The van der Waals surface area contributed by atoms with Crippen LogP contribution in [0.2, 0.25) is 0 Å². The highest BCUT2D eigenvalue weighted by Gasteiger charge is 1.91. The van der Waals surface area contributed by atoms with E-state index in [1.807, 2.05) is 19.2 Å². The maximum Gasteiger partial charge on any atom is 0.0403 e. The van der Waals surface area contributed by atoms with Gasteiger partial charge in [-0.15, -0.1) is 0 Å². The molecular weight excluding hydrogens is 146 g/mol. The van der Waals surface area contributed by atoms with Crippen LogP contribution in [-0.2, 0) is 6.42 Å². The average molecular weight is 161 g/mol. The normalized spacial score (nSPS) is 10.8. The summed E-state index contributed by atoms with van der Waals surface area (Å²) >= 11 is 0. The number of allylic oxidation sites excluding steroid dienone is 1. The first-order valence-electron chi connectivity index (χ1n) is 4.44. The van der Waals surface area contributed by atoms with E-state index < -0.39 is 0 Å². The molecular formula is C11H15N. The van der Waals surface area contributed by atoms with Gasteiger partial charge >= 0.3 is 0 Å². The van der Waals surface area contributed by atoms with Crippen LogP contribution in [0.3, 0.4) is 0 Å². The SMILES string of the molecule is C/C=C/c1ccc(CCC)nc1. The van der Waals surface area contributed by atoms with Crippen molar-refractivity contribution in [1.29, 1.82) is 0 Å². The summed E-state index contributed by atoms with van der Waals surface area (Å²) in [6.07, 6.45) is 8.25. The first-order valence-corrected chi connectivity index (χ1v) is 4.44. The standard InChI is InChI=1S/C11H15N/c1-3-5-10-7-8-11(6-4-2)12-9-10/h3,5,7-9H,4,6H2,1-2H3/b5-3+. The van der Waals surface area contributed by atoms with E-state index in [-0.39, 0.29) is 0 Å². The summed E-state index contributed by atoms with van der Waals surface area (Å²) in [7, 11) is 0. The molecule has 0 bridgehead atoms. The van der Waals surface area contributed by atoms with Gasteiger partial charge in [-0.3, -0.25) is 4.98 Å². The minimum atomic E-state index is 1.08. The van der Waals surface area contributed by atoms with E-state index in [0.717, 1.165) is 12.8 Å². The first kappa shape index (κ1) is 8.98. The van der Waals surface area contributed by atoms with Crippen molar-refractivity contribution in [3.05, 3.63) is 35.7 Å². The van der Waals surface area contributed by atoms with E-state index in [1.54, 1.807) is 0 Å². The van der Waals surface area contributed by atoms with E-state index in [2.05, 4.69) is 30.1 Å². The predicted octanol–water partition coefficient (Wildman–Crippen LogP) is 3.07. The molecule has 12 heavy (non-hydrogen) atoms. The molecule has 0 atom stereocenters. The van der Waals surface area contributed by atoms with Gasteiger partial charge in [0.05, 0.1) is 0 Å². The topological polar surface area (TPSA) is 12.9 Å². The molecule has 1 aromatic heterocycles. The highest BCUT2D eigenvalue weighted by atomic mass is 14.7. The van der Waals surface area contributed by atoms with Crippen LogP contribution in [-0.4, -0.2) is 4.98 Å². The predicted molar refractivity (Wildman–Crippen MR) is 52.9 cm³/mol. The minimum Gasteiger partial charge on any atom is -0.261 e. The third kappa shape index (κ3) is 2.50. The maximum absolute atomic E-state index is 4.34. The summed E-state index contributed by atoms with van der Waals surface area (Å²) in [4.78, 5) is 4.34. The summed E-state index contributed by atoms with van der Waals surface area (Å²) in [5.74, 6) is 0. The minimum absolute atomic E-state index is 1.08. The van der Waals surface area contributed by atoms with Crippen LogP contribution < -0.4 is 0 Å². The van der Waals surface area contributed by atoms with Gasteiger partial charge in [-0.2, -0.15) is 0 Å². The number of rotatable bonds is 3. The molecule has 0 aromatic carbocycles. The molecule has 0 radical (unpaired) electrons. The summed E-state index contributed by atoms with van der Waals surface area (Å²) in [6.45, 7) is 4.18. The molecule has 1 heteroatoms. The lowest BCUT2D eigenvalue weighted by molar-refractivity contribution is 0.882. The third-order valence-corrected chi connectivity index (χ3v) is 1.71. The molecule has 0 saturated carbocycles. The van der Waals surface area contributed by atoms with E-state index in [0.29, 0.717) is 0 Å². The Morgan fingerprint density at radius 3 is 2.75 bits per heavy atom. The van der Waals surface area contributed by atoms with Gasteiger partial charge in [0.15, 0.2) is 0 Å². The maximum atomic E-state index is 4.34. The quantitative estimate of drug-likeness (QED) is 0.664. The second kappa shape index (κ2) is 4.70. The van der Waals surface area contributed by atoms with Gasteiger partial charge in [-0.05, 0) is 25.0 Å². The van der Waals surface area contributed by atoms with Gasteiger partial charge in [0, 0.05) is 11.9 Å². The Morgan fingerprint density at radius 2 is 2.25 bits per heavy atom. The molecule has 0 saturated heterocycles. The van der Waals surface area contributed by atoms with Crippen LogP contribution in [0, 0.1) is 0 Å². The lowest BCUT2D eigenvalue weighted by atomic mass is 10.2. The zero-order valence-electron chi connectivity index (χ0n) is 7.75. The van der Waals surface area contributed by atoms with E-state index in [9.17, 15) is 0 Å². The Kier molecular flexibility index (Phi) is 3.52. The molecule has 1 nitrogen and oxygen atoms in total. The second-order valence-electron chi connectivity index (χ2n) is 2.83. The molecule has 0 spiro atoms. The summed E-state index contributed by atoms with van der Waals surface area (Å²) in [5, 5.41) is 0. The molecule has 0 aliphatic rings. The number of aryl methyl sites for hydroxylation is 1. The largest absolute Gasteiger partial charge is 0.261 e. The second-order valence-corrected chi connectivity index (χ2v) is 2.83. The van der Waals surface area contributed by atoms with Crippen LogP contribution in [0.15, 0.2) is 24.4 Å².